The van der Waals surface area contributed by atoms with Crippen molar-refractivity contribution in [2.75, 3.05) is 6.61 Å². The van der Waals surface area contributed by atoms with Crippen molar-refractivity contribution in [1.82, 2.24) is 9.97 Å². The van der Waals surface area contributed by atoms with Crippen LogP contribution in [-0.2, 0) is 9.53 Å². The predicted molar refractivity (Wildman–Crippen MR) is 44.7 cm³/mol. The van der Waals surface area contributed by atoms with Crippen LogP contribution in [0.3, 0.4) is 0 Å². The van der Waals surface area contributed by atoms with E-state index in [4.69, 9.17) is 11.6 Å². The smallest absolute Gasteiger partial charge is 0.293 e. The largest absolute Gasteiger partial charge is 0.468 e. The number of halogens is 1. The van der Waals surface area contributed by atoms with Gasteiger partial charge in [-0.05, 0) is 24.6 Å². The summed E-state index contributed by atoms with van der Waals surface area (Å²) in [6.45, 7) is 2.66. The van der Waals surface area contributed by atoms with Crippen molar-refractivity contribution in [1.29, 1.82) is 0 Å². The fourth-order valence-corrected chi connectivity index (χ4v) is 0.462. The molecule has 0 saturated heterocycles. The highest BCUT2D eigenvalue weighted by molar-refractivity contribution is 6.28. The molecule has 66 valence electrons. The van der Waals surface area contributed by atoms with Crippen LogP contribution in [-0.4, -0.2) is 23.0 Å². The van der Waals surface area contributed by atoms with Crippen molar-refractivity contribution in [3.8, 4) is 0 Å². The molecule has 0 bridgehead atoms. The van der Waals surface area contributed by atoms with Crippen LogP contribution in [0.15, 0.2) is 18.5 Å². The first-order valence-corrected chi connectivity index (χ1v) is 3.66. The molecular weight excluding hydrogens is 180 g/mol. The number of ether oxygens (including phenoxy) is 1. The summed E-state index contributed by atoms with van der Waals surface area (Å²) in [4.78, 5) is 16.4. The topological polar surface area (TPSA) is 52.1 Å². The summed E-state index contributed by atoms with van der Waals surface area (Å²) in [5.41, 5.74) is 0. The molecular formula is C7H9ClN2O2. The molecule has 0 N–H and O–H groups in total. The normalized spacial score (nSPS) is 7.83. The molecule has 1 rings (SSSR count). The maximum atomic E-state index is 9.18. The van der Waals surface area contributed by atoms with E-state index in [1.165, 1.54) is 0 Å². The third-order valence-corrected chi connectivity index (χ3v) is 0.964. The van der Waals surface area contributed by atoms with E-state index in [9.17, 15) is 4.79 Å². The van der Waals surface area contributed by atoms with E-state index in [1.54, 1.807) is 25.4 Å². The summed E-state index contributed by atoms with van der Waals surface area (Å²) in [5, 5.41) is 0.294. The molecule has 5 heteroatoms. The van der Waals surface area contributed by atoms with Gasteiger partial charge in [0.15, 0.2) is 0 Å². The Morgan fingerprint density at radius 3 is 2.33 bits per heavy atom. The Morgan fingerprint density at radius 2 is 2.17 bits per heavy atom. The molecule has 0 radical (unpaired) electrons. The fourth-order valence-electron chi connectivity index (χ4n) is 0.349. The number of carbonyl (C=O) groups excluding carboxylic acids is 1. The van der Waals surface area contributed by atoms with Crippen molar-refractivity contribution >= 4 is 18.1 Å². The van der Waals surface area contributed by atoms with E-state index in [0.29, 0.717) is 18.4 Å². The molecule has 0 aromatic carbocycles. The monoisotopic (exact) mass is 188 g/mol. The molecule has 0 fully saturated rings. The maximum absolute atomic E-state index is 9.18. The van der Waals surface area contributed by atoms with Gasteiger partial charge in [-0.1, -0.05) is 0 Å². The number of hydrogen-bond acceptors (Lipinski definition) is 4. The molecule has 1 heterocycles. The Balaban J connectivity index is 0.000000217. The molecule has 0 aliphatic carbocycles. The highest BCUT2D eigenvalue weighted by atomic mass is 35.5. The summed E-state index contributed by atoms with van der Waals surface area (Å²) in [6, 6.07) is 1.71. The number of nitrogens with zero attached hydrogens (tertiary/aromatic N) is 2. The molecule has 1 aromatic heterocycles. The van der Waals surface area contributed by atoms with Crippen molar-refractivity contribution in [3.63, 3.8) is 0 Å². The Hall–Kier alpha value is -1.16. The second kappa shape index (κ2) is 7.94. The van der Waals surface area contributed by atoms with Gasteiger partial charge in [-0.3, -0.25) is 4.79 Å². The van der Waals surface area contributed by atoms with E-state index >= 15 is 0 Å². The van der Waals surface area contributed by atoms with Gasteiger partial charge in [0.2, 0.25) is 5.28 Å². The average Bonchev–Trinajstić information content (AvgIpc) is 2.08. The second-order valence-electron chi connectivity index (χ2n) is 1.57. The van der Waals surface area contributed by atoms with Crippen LogP contribution in [0, 0.1) is 0 Å². The van der Waals surface area contributed by atoms with Crippen LogP contribution in [0.4, 0.5) is 0 Å². The summed E-state index contributed by atoms with van der Waals surface area (Å²) in [6.07, 6.45) is 3.19. The maximum Gasteiger partial charge on any atom is 0.293 e. The Kier molecular flexibility index (Phi) is 7.17. The van der Waals surface area contributed by atoms with Crippen molar-refractivity contribution in [2.24, 2.45) is 0 Å². The summed E-state index contributed by atoms with van der Waals surface area (Å²) in [7, 11) is 0. The zero-order chi connectivity index (χ0) is 9.23. The third-order valence-electron chi connectivity index (χ3n) is 0.769. The van der Waals surface area contributed by atoms with Crippen LogP contribution in [0.1, 0.15) is 6.92 Å². The van der Waals surface area contributed by atoms with E-state index in [-0.39, 0.29) is 0 Å². The zero-order valence-corrected chi connectivity index (χ0v) is 7.36. The second-order valence-corrected chi connectivity index (χ2v) is 1.91. The van der Waals surface area contributed by atoms with Gasteiger partial charge in [0.05, 0.1) is 6.61 Å². The number of rotatable bonds is 2. The first-order valence-electron chi connectivity index (χ1n) is 3.29. The fraction of sp³-hybridized carbons (Fsp3) is 0.286. The van der Waals surface area contributed by atoms with Crippen molar-refractivity contribution in [3.05, 3.63) is 23.7 Å². The van der Waals surface area contributed by atoms with Gasteiger partial charge in [-0.2, -0.15) is 0 Å². The molecule has 0 saturated carbocycles. The summed E-state index contributed by atoms with van der Waals surface area (Å²) >= 11 is 5.32. The first-order chi connectivity index (χ1) is 5.81. The van der Waals surface area contributed by atoms with E-state index in [2.05, 4.69) is 14.7 Å². The Labute approximate surface area is 75.5 Å². The lowest BCUT2D eigenvalue weighted by Crippen LogP contribution is -1.80. The average molecular weight is 189 g/mol. The minimum atomic E-state index is 0.294. The molecule has 0 unspecified atom stereocenters. The predicted octanol–water partition coefficient (Wildman–Crippen LogP) is 1.31. The van der Waals surface area contributed by atoms with Gasteiger partial charge >= 0.3 is 0 Å². The zero-order valence-electron chi connectivity index (χ0n) is 6.61. The highest BCUT2D eigenvalue weighted by Crippen LogP contribution is 1.92. The van der Waals surface area contributed by atoms with Crippen LogP contribution in [0.2, 0.25) is 5.28 Å². The molecule has 12 heavy (non-hydrogen) atoms. The van der Waals surface area contributed by atoms with Crippen molar-refractivity contribution in [2.45, 2.75) is 6.92 Å². The summed E-state index contributed by atoms with van der Waals surface area (Å²) in [5.74, 6) is 0. The molecule has 1 aromatic rings. The molecule has 0 aliphatic heterocycles. The third kappa shape index (κ3) is 6.95. The van der Waals surface area contributed by atoms with E-state index < -0.39 is 0 Å². The summed E-state index contributed by atoms with van der Waals surface area (Å²) < 4.78 is 4.15. The molecule has 0 amide bonds. The van der Waals surface area contributed by atoms with Crippen LogP contribution in [0.5, 0.6) is 0 Å². The number of carbonyl (C=O) groups is 1. The lowest BCUT2D eigenvalue weighted by molar-refractivity contribution is -0.128. The molecule has 4 nitrogen and oxygen atoms in total. The van der Waals surface area contributed by atoms with Gasteiger partial charge in [0, 0.05) is 12.4 Å². The SMILES string of the molecule is CCOC=O.Clc1ncccn1. The van der Waals surface area contributed by atoms with Gasteiger partial charge < -0.3 is 4.74 Å². The van der Waals surface area contributed by atoms with Gasteiger partial charge in [0.1, 0.15) is 0 Å². The quantitative estimate of drug-likeness (QED) is 0.519. The van der Waals surface area contributed by atoms with E-state index in [1.807, 2.05) is 0 Å². The molecule has 0 atom stereocenters. The van der Waals surface area contributed by atoms with Crippen LogP contribution >= 0.6 is 11.6 Å². The van der Waals surface area contributed by atoms with Gasteiger partial charge in [0.25, 0.3) is 6.47 Å². The molecule has 0 aliphatic rings. The van der Waals surface area contributed by atoms with Crippen LogP contribution in [0.25, 0.3) is 0 Å². The Morgan fingerprint density at radius 1 is 1.58 bits per heavy atom. The number of hydrogen-bond donors (Lipinski definition) is 0. The highest BCUT2D eigenvalue weighted by Gasteiger charge is 1.78. The minimum Gasteiger partial charge on any atom is -0.468 e. The minimum absolute atomic E-state index is 0.294. The van der Waals surface area contributed by atoms with E-state index in [0.717, 1.165) is 0 Å². The van der Waals surface area contributed by atoms with Crippen LogP contribution < -0.4 is 0 Å². The lowest BCUT2D eigenvalue weighted by atomic mass is 10.7. The van der Waals surface area contributed by atoms with Gasteiger partial charge in [-0.25, -0.2) is 9.97 Å². The standard InChI is InChI=1S/C4H3ClN2.C3H6O2/c5-4-6-2-1-3-7-4;1-2-5-3-4/h1-3H;3H,2H2,1H3. The lowest BCUT2D eigenvalue weighted by Gasteiger charge is -1.79. The van der Waals surface area contributed by atoms with Gasteiger partial charge in [-0.15, -0.1) is 0 Å². The van der Waals surface area contributed by atoms with Crippen molar-refractivity contribution < 1.29 is 9.53 Å². The molecule has 0 spiro atoms. The number of aromatic nitrogens is 2. The Bertz CT molecular complexity index is 206. The first kappa shape index (κ1) is 10.8.